The smallest absolute Gasteiger partial charge is 0.254 e. The summed E-state index contributed by atoms with van der Waals surface area (Å²) in [6, 6.07) is 20.5. The molecule has 3 aromatic carbocycles. The van der Waals surface area contributed by atoms with Gasteiger partial charge in [-0.2, -0.15) is 4.31 Å². The van der Waals surface area contributed by atoms with Gasteiger partial charge < -0.3 is 29.9 Å². The number of carbonyl (C=O) groups excluding carboxylic acids is 2. The Bertz CT molecular complexity index is 1580. The third kappa shape index (κ3) is 9.39. The number of rotatable bonds is 15. The molecule has 254 valence electrons. The zero-order valence-electron chi connectivity index (χ0n) is 27.3. The maximum absolute atomic E-state index is 13.7. The van der Waals surface area contributed by atoms with Crippen LogP contribution in [0.5, 0.6) is 5.75 Å². The molecule has 2 amide bonds. The minimum Gasteiger partial charge on any atom is -0.497 e. The zero-order valence-corrected chi connectivity index (χ0v) is 28.1. The number of benzene rings is 3. The van der Waals surface area contributed by atoms with Crippen LogP contribution in [0.2, 0.25) is 0 Å². The second-order valence-corrected chi connectivity index (χ2v) is 14.2. The average Bonchev–Trinajstić information content (AvgIpc) is 3.43. The van der Waals surface area contributed by atoms with Crippen molar-refractivity contribution >= 4 is 21.8 Å². The summed E-state index contributed by atoms with van der Waals surface area (Å²) in [7, 11) is -0.969. The van der Waals surface area contributed by atoms with E-state index in [4.69, 9.17) is 9.47 Å². The Labute approximate surface area is 277 Å². The van der Waals surface area contributed by atoms with E-state index in [9.17, 15) is 28.2 Å². The van der Waals surface area contributed by atoms with Crippen molar-refractivity contribution < 1.29 is 37.7 Å². The molecule has 47 heavy (non-hydrogen) atoms. The van der Waals surface area contributed by atoms with E-state index in [1.54, 1.807) is 35.2 Å². The molecule has 0 bridgehead atoms. The van der Waals surface area contributed by atoms with E-state index in [0.29, 0.717) is 12.2 Å². The van der Waals surface area contributed by atoms with Gasteiger partial charge in [0.2, 0.25) is 10.0 Å². The van der Waals surface area contributed by atoms with E-state index in [-0.39, 0.29) is 66.6 Å². The largest absolute Gasteiger partial charge is 0.497 e. The summed E-state index contributed by atoms with van der Waals surface area (Å²) >= 11 is 0. The van der Waals surface area contributed by atoms with Gasteiger partial charge >= 0.3 is 0 Å². The van der Waals surface area contributed by atoms with Crippen molar-refractivity contribution in [3.05, 3.63) is 95.6 Å². The summed E-state index contributed by atoms with van der Waals surface area (Å²) in [5.41, 5.74) is 1.32. The molecule has 12 heteroatoms. The predicted octanol–water partition coefficient (Wildman–Crippen LogP) is 2.97. The number of ether oxygens (including phenoxy) is 2. The molecule has 4 atom stereocenters. The minimum atomic E-state index is -4.00. The number of likely N-dealkylation sites (tertiary alicyclic amines) is 1. The number of amides is 2. The number of nitrogens with one attached hydrogen (secondary N) is 1. The van der Waals surface area contributed by atoms with Crippen molar-refractivity contribution in [2.45, 2.75) is 55.9 Å². The van der Waals surface area contributed by atoms with Crippen LogP contribution >= 0.6 is 0 Å². The van der Waals surface area contributed by atoms with Crippen molar-refractivity contribution in [2.24, 2.45) is 5.92 Å². The number of sulfonamides is 1. The van der Waals surface area contributed by atoms with Gasteiger partial charge in [-0.15, -0.1) is 0 Å². The van der Waals surface area contributed by atoms with E-state index in [0.717, 1.165) is 5.56 Å². The SMILES string of the molecule is COC[C@H]1C[C@@H](O)CN1C(=O)c1cccc(C(=O)N[C@@H](Cc2ccccc2)[C@H](O)CN(CC(C)C)S(=O)(=O)c2ccc(OC)cc2)c1. The van der Waals surface area contributed by atoms with Crippen molar-refractivity contribution in [2.75, 3.05) is 40.5 Å². The van der Waals surface area contributed by atoms with E-state index >= 15 is 0 Å². The van der Waals surface area contributed by atoms with Gasteiger partial charge in [-0.3, -0.25) is 9.59 Å². The van der Waals surface area contributed by atoms with Crippen LogP contribution in [0.15, 0.2) is 83.8 Å². The van der Waals surface area contributed by atoms with Crippen LogP contribution in [0.1, 0.15) is 46.5 Å². The highest BCUT2D eigenvalue weighted by Gasteiger charge is 2.35. The summed E-state index contributed by atoms with van der Waals surface area (Å²) < 4.78 is 39.1. The number of carbonyl (C=O) groups is 2. The predicted molar refractivity (Wildman–Crippen MR) is 178 cm³/mol. The van der Waals surface area contributed by atoms with Crippen LogP contribution in [0.4, 0.5) is 0 Å². The molecule has 0 spiro atoms. The van der Waals surface area contributed by atoms with Crippen LogP contribution in [0.3, 0.4) is 0 Å². The Hall–Kier alpha value is -3.81. The molecule has 1 fully saturated rings. The Morgan fingerprint density at radius 1 is 0.979 bits per heavy atom. The maximum atomic E-state index is 13.7. The second kappa shape index (κ2) is 16.3. The van der Waals surface area contributed by atoms with Crippen LogP contribution in [0, 0.1) is 5.92 Å². The molecule has 1 aliphatic heterocycles. The summed E-state index contributed by atoms with van der Waals surface area (Å²) in [4.78, 5) is 28.7. The number of hydrogen-bond donors (Lipinski definition) is 3. The topological polar surface area (TPSA) is 146 Å². The Kier molecular flexibility index (Phi) is 12.5. The highest BCUT2D eigenvalue weighted by molar-refractivity contribution is 7.89. The lowest BCUT2D eigenvalue weighted by atomic mass is 10.00. The summed E-state index contributed by atoms with van der Waals surface area (Å²) in [6.07, 6.45) is -1.30. The molecule has 11 nitrogen and oxygen atoms in total. The molecule has 0 radical (unpaired) electrons. The number of hydrogen-bond acceptors (Lipinski definition) is 8. The molecular weight excluding hydrogens is 622 g/mol. The standard InChI is InChI=1S/C35H45N3O8S/c1-24(2)20-37(47(43,44)31-15-13-30(46-4)14-16-31)22-33(40)32(17-25-9-6-5-7-10-25)36-34(41)26-11-8-12-27(18-26)35(42)38-21-29(39)19-28(38)23-45-3/h5-16,18,24,28-29,32-33,39-40H,17,19-23H2,1-4H3,(H,36,41)/t28-,29-,32+,33-/m1/s1. The van der Waals surface area contributed by atoms with Gasteiger partial charge in [-0.25, -0.2) is 8.42 Å². The third-order valence-electron chi connectivity index (χ3n) is 8.12. The van der Waals surface area contributed by atoms with Crippen LogP contribution in [-0.4, -0.2) is 104 Å². The first-order chi connectivity index (χ1) is 22.4. The lowest BCUT2D eigenvalue weighted by Crippen LogP contribution is -2.51. The van der Waals surface area contributed by atoms with E-state index < -0.39 is 34.2 Å². The van der Waals surface area contributed by atoms with Crippen LogP contribution in [-0.2, 0) is 21.2 Å². The normalized spacial score (nSPS) is 17.9. The fourth-order valence-corrected chi connectivity index (χ4v) is 7.39. The Morgan fingerprint density at radius 2 is 1.66 bits per heavy atom. The first-order valence-corrected chi connectivity index (χ1v) is 17.1. The van der Waals surface area contributed by atoms with Crippen LogP contribution < -0.4 is 10.1 Å². The number of nitrogens with zero attached hydrogens (tertiary/aromatic N) is 2. The maximum Gasteiger partial charge on any atom is 0.254 e. The molecule has 0 aliphatic carbocycles. The number of aliphatic hydroxyl groups is 2. The van der Waals surface area contributed by atoms with Gasteiger partial charge in [0.05, 0.1) is 42.9 Å². The summed E-state index contributed by atoms with van der Waals surface area (Å²) in [6.45, 7) is 4.12. The number of methoxy groups -OCH3 is 2. The molecular formula is C35H45N3O8S. The molecule has 3 aromatic rings. The van der Waals surface area contributed by atoms with Gasteiger partial charge in [-0.05, 0) is 66.8 Å². The van der Waals surface area contributed by atoms with Gasteiger partial charge in [0.15, 0.2) is 0 Å². The van der Waals surface area contributed by atoms with Crippen molar-refractivity contribution in [1.29, 1.82) is 0 Å². The molecule has 0 saturated carbocycles. The monoisotopic (exact) mass is 667 g/mol. The lowest BCUT2D eigenvalue weighted by Gasteiger charge is -2.31. The highest BCUT2D eigenvalue weighted by atomic mass is 32.2. The summed E-state index contributed by atoms with van der Waals surface area (Å²) in [5, 5.41) is 24.7. The molecule has 1 aliphatic rings. The molecule has 3 N–H and O–H groups in total. The Morgan fingerprint density at radius 3 is 2.30 bits per heavy atom. The molecule has 4 rings (SSSR count). The fourth-order valence-electron chi connectivity index (χ4n) is 5.76. The first kappa shape index (κ1) is 36.0. The lowest BCUT2D eigenvalue weighted by molar-refractivity contribution is 0.0622. The van der Waals surface area contributed by atoms with Crippen molar-refractivity contribution in [1.82, 2.24) is 14.5 Å². The first-order valence-electron chi connectivity index (χ1n) is 15.7. The molecule has 0 unspecified atom stereocenters. The van der Waals surface area contributed by atoms with Gasteiger partial charge in [-0.1, -0.05) is 50.2 Å². The number of β-amino-alcohol motifs (C(OH)–C–C–N with tert-alkyl or cyclic N) is 1. The quantitative estimate of drug-likeness (QED) is 0.224. The zero-order chi connectivity index (χ0) is 34.1. The van der Waals surface area contributed by atoms with Gasteiger partial charge in [0.25, 0.3) is 11.8 Å². The highest BCUT2D eigenvalue weighted by Crippen LogP contribution is 2.23. The minimum absolute atomic E-state index is 0.0436. The van der Waals surface area contributed by atoms with Crippen LogP contribution in [0.25, 0.3) is 0 Å². The fraction of sp³-hybridized carbons (Fsp3) is 0.429. The molecule has 1 saturated heterocycles. The van der Waals surface area contributed by atoms with E-state index in [1.807, 2.05) is 44.2 Å². The van der Waals surface area contributed by atoms with Crippen molar-refractivity contribution in [3.63, 3.8) is 0 Å². The average molecular weight is 668 g/mol. The third-order valence-corrected chi connectivity index (χ3v) is 9.97. The summed E-state index contributed by atoms with van der Waals surface area (Å²) in [5.74, 6) is -0.378. The van der Waals surface area contributed by atoms with Gasteiger partial charge in [0, 0.05) is 37.9 Å². The second-order valence-electron chi connectivity index (χ2n) is 12.3. The molecule has 0 aromatic heterocycles. The molecule has 1 heterocycles. The van der Waals surface area contributed by atoms with E-state index in [1.165, 1.54) is 36.7 Å². The van der Waals surface area contributed by atoms with Gasteiger partial charge in [0.1, 0.15) is 5.75 Å². The van der Waals surface area contributed by atoms with Crippen molar-refractivity contribution in [3.8, 4) is 5.75 Å². The van der Waals surface area contributed by atoms with E-state index in [2.05, 4.69) is 5.32 Å². The Balaban J connectivity index is 1.58. The number of aliphatic hydroxyl groups excluding tert-OH is 2.